The van der Waals surface area contributed by atoms with E-state index >= 15 is 0 Å². The quantitative estimate of drug-likeness (QED) is 0.578. The zero-order chi connectivity index (χ0) is 9.19. The molecule has 12 heavy (non-hydrogen) atoms. The molecule has 1 aliphatic carbocycles. The molecule has 0 aromatic carbocycles. The highest BCUT2D eigenvalue weighted by Gasteiger charge is 2.31. The minimum atomic E-state index is 0.623. The van der Waals surface area contributed by atoms with Crippen LogP contribution in [0.5, 0.6) is 0 Å². The van der Waals surface area contributed by atoms with Gasteiger partial charge in [-0.15, -0.1) is 0 Å². The van der Waals surface area contributed by atoms with Crippen molar-refractivity contribution in [1.29, 1.82) is 0 Å². The summed E-state index contributed by atoms with van der Waals surface area (Å²) in [6, 6.07) is 0. The normalized spacial score (nSPS) is 35.0. The summed E-state index contributed by atoms with van der Waals surface area (Å²) in [7, 11) is 0. The Morgan fingerprint density at radius 3 is 2.42 bits per heavy atom. The molecule has 0 unspecified atom stereocenters. The fraction of sp³-hybridized carbons (Fsp3) is 1.00. The first-order chi connectivity index (χ1) is 5.53. The van der Waals surface area contributed by atoms with E-state index in [0.29, 0.717) is 5.41 Å². The molecule has 0 aliphatic heterocycles. The second kappa shape index (κ2) is 3.81. The lowest BCUT2D eigenvalue weighted by molar-refractivity contribution is 0.127. The van der Waals surface area contributed by atoms with Gasteiger partial charge in [0.25, 0.3) is 0 Å². The Kier molecular flexibility index (Phi) is 3.20. The Labute approximate surface area is 77.7 Å². The summed E-state index contributed by atoms with van der Waals surface area (Å²) in [4.78, 5) is 0. The molecule has 0 amide bonds. The van der Waals surface area contributed by atoms with E-state index in [4.69, 9.17) is 0 Å². The van der Waals surface area contributed by atoms with E-state index in [1.165, 1.54) is 32.1 Å². The van der Waals surface area contributed by atoms with Crippen LogP contribution < -0.4 is 0 Å². The second-order valence-corrected chi connectivity index (χ2v) is 5.57. The first kappa shape index (κ1) is 10.1. The highest BCUT2D eigenvalue weighted by atomic mass is 14.4. The van der Waals surface area contributed by atoms with Crippen LogP contribution in [0.15, 0.2) is 0 Å². The fourth-order valence-corrected chi connectivity index (χ4v) is 3.17. The first-order valence-electron chi connectivity index (χ1n) is 5.53. The molecule has 0 spiro atoms. The number of hydrogen-bond acceptors (Lipinski definition) is 0. The van der Waals surface area contributed by atoms with E-state index in [-0.39, 0.29) is 0 Å². The molecule has 0 heterocycles. The first-order valence-corrected chi connectivity index (χ1v) is 5.53. The molecule has 0 nitrogen and oxygen atoms in total. The van der Waals surface area contributed by atoms with Crippen molar-refractivity contribution < 1.29 is 0 Å². The summed E-state index contributed by atoms with van der Waals surface area (Å²) in [5.41, 5.74) is 0.623. The fourth-order valence-electron chi connectivity index (χ4n) is 3.17. The van der Waals surface area contributed by atoms with E-state index in [2.05, 4.69) is 27.7 Å². The third kappa shape index (κ3) is 2.80. The van der Waals surface area contributed by atoms with Crippen molar-refractivity contribution in [2.24, 2.45) is 17.3 Å². The Hall–Kier alpha value is 0. The van der Waals surface area contributed by atoms with Crippen LogP contribution >= 0.6 is 0 Å². The zero-order valence-corrected chi connectivity index (χ0v) is 9.19. The van der Waals surface area contributed by atoms with Crippen molar-refractivity contribution in [3.63, 3.8) is 0 Å². The van der Waals surface area contributed by atoms with Crippen LogP contribution in [0.2, 0.25) is 0 Å². The SMILES string of the molecule is CCC[C@@H]1C[C@@H](C)CC(C)(C)C1. The summed E-state index contributed by atoms with van der Waals surface area (Å²) >= 11 is 0. The average Bonchev–Trinajstić information content (AvgIpc) is 1.82. The van der Waals surface area contributed by atoms with Crippen molar-refractivity contribution in [3.8, 4) is 0 Å². The van der Waals surface area contributed by atoms with Gasteiger partial charge in [0.2, 0.25) is 0 Å². The van der Waals surface area contributed by atoms with Gasteiger partial charge in [-0.05, 0) is 36.5 Å². The number of rotatable bonds is 2. The molecular weight excluding hydrogens is 144 g/mol. The van der Waals surface area contributed by atoms with E-state index in [1.807, 2.05) is 0 Å². The maximum Gasteiger partial charge on any atom is -0.0349 e. The molecule has 0 heteroatoms. The van der Waals surface area contributed by atoms with E-state index in [1.54, 1.807) is 0 Å². The molecule has 0 radical (unpaired) electrons. The van der Waals surface area contributed by atoms with Crippen molar-refractivity contribution in [3.05, 3.63) is 0 Å². The third-order valence-electron chi connectivity index (χ3n) is 3.17. The molecule has 0 N–H and O–H groups in total. The Bertz CT molecular complexity index is 135. The summed E-state index contributed by atoms with van der Waals surface area (Å²) in [5.74, 6) is 1.99. The van der Waals surface area contributed by atoms with Crippen LogP contribution in [-0.4, -0.2) is 0 Å². The van der Waals surface area contributed by atoms with Crippen LogP contribution in [0, 0.1) is 17.3 Å². The maximum absolute atomic E-state index is 2.44. The predicted molar refractivity (Wildman–Crippen MR) is 55.2 cm³/mol. The standard InChI is InChI=1S/C12H24/c1-5-6-11-7-10(2)8-12(3,4)9-11/h10-11H,5-9H2,1-4H3/t10-,11-/m1/s1. The predicted octanol–water partition coefficient (Wildman–Crippen LogP) is 4.25. The van der Waals surface area contributed by atoms with Crippen molar-refractivity contribution >= 4 is 0 Å². The molecule has 0 aromatic heterocycles. The van der Waals surface area contributed by atoms with Crippen LogP contribution in [0.3, 0.4) is 0 Å². The lowest BCUT2D eigenvalue weighted by Gasteiger charge is -2.39. The molecule has 1 rings (SSSR count). The molecule has 0 saturated heterocycles. The molecule has 72 valence electrons. The highest BCUT2D eigenvalue weighted by molar-refractivity contribution is 4.82. The van der Waals surface area contributed by atoms with E-state index < -0.39 is 0 Å². The van der Waals surface area contributed by atoms with Crippen LogP contribution in [0.4, 0.5) is 0 Å². The van der Waals surface area contributed by atoms with Gasteiger partial charge in [-0.1, -0.05) is 40.5 Å². The van der Waals surface area contributed by atoms with Crippen molar-refractivity contribution in [1.82, 2.24) is 0 Å². The van der Waals surface area contributed by atoms with E-state index in [0.717, 1.165) is 11.8 Å². The zero-order valence-electron chi connectivity index (χ0n) is 9.19. The molecule has 1 aliphatic rings. The minimum absolute atomic E-state index is 0.623. The second-order valence-electron chi connectivity index (χ2n) is 5.57. The van der Waals surface area contributed by atoms with Gasteiger partial charge in [0, 0.05) is 0 Å². The highest BCUT2D eigenvalue weighted by Crippen LogP contribution is 2.42. The van der Waals surface area contributed by atoms with Crippen molar-refractivity contribution in [2.75, 3.05) is 0 Å². The molecule has 1 saturated carbocycles. The van der Waals surface area contributed by atoms with Gasteiger partial charge < -0.3 is 0 Å². The Balaban J connectivity index is 2.46. The summed E-state index contributed by atoms with van der Waals surface area (Å²) in [6.07, 6.45) is 7.21. The Morgan fingerprint density at radius 2 is 1.92 bits per heavy atom. The summed E-state index contributed by atoms with van der Waals surface area (Å²) in [6.45, 7) is 9.60. The lowest BCUT2D eigenvalue weighted by atomic mass is 9.67. The molecular formula is C12H24. The summed E-state index contributed by atoms with van der Waals surface area (Å²) in [5, 5.41) is 0. The Morgan fingerprint density at radius 1 is 1.25 bits per heavy atom. The van der Waals surface area contributed by atoms with Gasteiger partial charge >= 0.3 is 0 Å². The smallest absolute Gasteiger partial charge is 0.0349 e. The summed E-state index contributed by atoms with van der Waals surface area (Å²) < 4.78 is 0. The van der Waals surface area contributed by atoms with Gasteiger partial charge in [0.15, 0.2) is 0 Å². The maximum atomic E-state index is 2.44. The molecule has 2 atom stereocenters. The molecule has 1 fully saturated rings. The number of hydrogen-bond donors (Lipinski definition) is 0. The van der Waals surface area contributed by atoms with Gasteiger partial charge in [-0.25, -0.2) is 0 Å². The topological polar surface area (TPSA) is 0 Å². The average molecular weight is 168 g/mol. The van der Waals surface area contributed by atoms with Gasteiger partial charge in [0.05, 0.1) is 0 Å². The van der Waals surface area contributed by atoms with Crippen LogP contribution in [-0.2, 0) is 0 Å². The lowest BCUT2D eigenvalue weighted by Crippen LogP contribution is -2.27. The monoisotopic (exact) mass is 168 g/mol. The largest absolute Gasteiger partial charge is 0.0654 e. The van der Waals surface area contributed by atoms with Crippen LogP contribution in [0.25, 0.3) is 0 Å². The van der Waals surface area contributed by atoms with Crippen LogP contribution in [0.1, 0.15) is 59.8 Å². The molecule has 0 bridgehead atoms. The van der Waals surface area contributed by atoms with Gasteiger partial charge in [-0.3, -0.25) is 0 Å². The minimum Gasteiger partial charge on any atom is -0.0654 e. The molecule has 0 aromatic rings. The van der Waals surface area contributed by atoms with Gasteiger partial charge in [0.1, 0.15) is 0 Å². The van der Waals surface area contributed by atoms with Crippen molar-refractivity contribution in [2.45, 2.75) is 59.8 Å². The van der Waals surface area contributed by atoms with E-state index in [9.17, 15) is 0 Å². The van der Waals surface area contributed by atoms with Gasteiger partial charge in [-0.2, -0.15) is 0 Å². The third-order valence-corrected chi connectivity index (χ3v) is 3.17.